The zero-order valence-electron chi connectivity index (χ0n) is 18.3. The Morgan fingerprint density at radius 2 is 1.73 bits per heavy atom. The number of alkyl halides is 3. The van der Waals surface area contributed by atoms with E-state index in [0.29, 0.717) is 30.1 Å². The van der Waals surface area contributed by atoms with E-state index in [0.717, 1.165) is 27.7 Å². The molecule has 176 valence electrons. The van der Waals surface area contributed by atoms with E-state index < -0.39 is 32.3 Å². The number of benzene rings is 2. The van der Waals surface area contributed by atoms with E-state index in [1.807, 2.05) is 6.07 Å². The molecule has 0 unspecified atom stereocenters. The summed E-state index contributed by atoms with van der Waals surface area (Å²) in [5.74, 6) is 0.0883. The Kier molecular flexibility index (Phi) is 5.47. The SMILES string of the molecule is CC(C)(C)OC(=O)N1CC(c2ccc3c(ccn3S(=O)(=O)c3cccc(C(F)(F)F)c3)c2)C1. The Bertz CT molecular complexity index is 1320. The number of hydrogen-bond donors (Lipinski definition) is 0. The highest BCUT2D eigenvalue weighted by molar-refractivity contribution is 7.90. The number of hydrogen-bond acceptors (Lipinski definition) is 4. The lowest BCUT2D eigenvalue weighted by Gasteiger charge is -2.40. The predicted molar refractivity (Wildman–Crippen MR) is 117 cm³/mol. The van der Waals surface area contributed by atoms with Crippen LogP contribution in [0, 0.1) is 0 Å². The maximum absolute atomic E-state index is 13.0. The molecule has 0 bridgehead atoms. The molecule has 33 heavy (non-hydrogen) atoms. The average Bonchev–Trinajstić information content (AvgIpc) is 3.09. The lowest BCUT2D eigenvalue weighted by molar-refractivity contribution is -0.137. The van der Waals surface area contributed by atoms with Crippen molar-refractivity contribution in [3.8, 4) is 0 Å². The van der Waals surface area contributed by atoms with Crippen molar-refractivity contribution in [2.45, 2.75) is 43.4 Å². The van der Waals surface area contributed by atoms with E-state index in [1.165, 1.54) is 6.20 Å². The lowest BCUT2D eigenvalue weighted by atomic mass is 9.91. The number of carbonyl (C=O) groups excluding carboxylic acids is 1. The number of amides is 1. The third kappa shape index (κ3) is 4.57. The Morgan fingerprint density at radius 3 is 2.36 bits per heavy atom. The van der Waals surface area contributed by atoms with Gasteiger partial charge in [-0.3, -0.25) is 0 Å². The fourth-order valence-electron chi connectivity index (χ4n) is 3.71. The molecule has 1 aromatic heterocycles. The molecule has 1 aliphatic heterocycles. The Morgan fingerprint density at radius 1 is 1.03 bits per heavy atom. The van der Waals surface area contributed by atoms with Crippen LogP contribution >= 0.6 is 0 Å². The first kappa shape index (κ1) is 23.2. The van der Waals surface area contributed by atoms with Crippen LogP contribution in [0.3, 0.4) is 0 Å². The molecule has 0 radical (unpaired) electrons. The number of halogens is 3. The summed E-state index contributed by atoms with van der Waals surface area (Å²) >= 11 is 0. The molecule has 6 nitrogen and oxygen atoms in total. The minimum atomic E-state index is -4.64. The quantitative estimate of drug-likeness (QED) is 0.515. The molecule has 1 fully saturated rings. The van der Waals surface area contributed by atoms with E-state index >= 15 is 0 Å². The van der Waals surface area contributed by atoms with Gasteiger partial charge in [-0.15, -0.1) is 0 Å². The van der Waals surface area contributed by atoms with Crippen molar-refractivity contribution < 1.29 is 31.1 Å². The minimum absolute atomic E-state index is 0.0883. The molecule has 0 N–H and O–H groups in total. The van der Waals surface area contributed by atoms with Crippen LogP contribution in [-0.4, -0.2) is 42.1 Å². The third-order valence-electron chi connectivity index (χ3n) is 5.40. The maximum Gasteiger partial charge on any atom is 0.416 e. The van der Waals surface area contributed by atoms with Crippen LogP contribution in [0.25, 0.3) is 10.9 Å². The highest BCUT2D eigenvalue weighted by atomic mass is 32.2. The van der Waals surface area contributed by atoms with Gasteiger partial charge < -0.3 is 9.64 Å². The lowest BCUT2D eigenvalue weighted by Crippen LogP contribution is -2.50. The van der Waals surface area contributed by atoms with Crippen LogP contribution in [0.4, 0.5) is 18.0 Å². The van der Waals surface area contributed by atoms with Crippen molar-refractivity contribution in [3.05, 3.63) is 65.9 Å². The summed E-state index contributed by atoms with van der Waals surface area (Å²) in [4.78, 5) is 13.3. The minimum Gasteiger partial charge on any atom is -0.444 e. The molecule has 10 heteroatoms. The van der Waals surface area contributed by atoms with Crippen molar-refractivity contribution in [1.82, 2.24) is 8.87 Å². The molecule has 2 heterocycles. The summed E-state index contributed by atoms with van der Waals surface area (Å²) in [5, 5.41) is 0.638. The van der Waals surface area contributed by atoms with Gasteiger partial charge in [0.15, 0.2) is 0 Å². The first-order valence-electron chi connectivity index (χ1n) is 10.3. The summed E-state index contributed by atoms with van der Waals surface area (Å²) in [6, 6.07) is 10.5. The molecule has 0 saturated carbocycles. The number of aromatic nitrogens is 1. The largest absolute Gasteiger partial charge is 0.444 e. The number of ether oxygens (including phenoxy) is 1. The predicted octanol–water partition coefficient (Wildman–Crippen LogP) is 5.23. The van der Waals surface area contributed by atoms with E-state index in [2.05, 4.69) is 0 Å². The van der Waals surface area contributed by atoms with Crippen molar-refractivity contribution in [2.24, 2.45) is 0 Å². The number of rotatable bonds is 3. The smallest absolute Gasteiger partial charge is 0.416 e. The Balaban J connectivity index is 1.56. The third-order valence-corrected chi connectivity index (χ3v) is 7.09. The van der Waals surface area contributed by atoms with Crippen LogP contribution in [0.2, 0.25) is 0 Å². The number of fused-ring (bicyclic) bond motifs is 1. The molecular formula is C23H23F3N2O4S. The van der Waals surface area contributed by atoms with E-state index in [-0.39, 0.29) is 12.0 Å². The molecule has 1 saturated heterocycles. The molecule has 1 aliphatic rings. The molecule has 4 rings (SSSR count). The zero-order chi connectivity index (χ0) is 24.2. The fraction of sp³-hybridized carbons (Fsp3) is 0.348. The second kappa shape index (κ2) is 7.79. The first-order valence-corrected chi connectivity index (χ1v) is 11.7. The standard InChI is InChI=1S/C23H23F3N2O4S/c1-22(2,3)32-21(29)27-13-17(14-27)15-7-8-20-16(11-15)9-10-28(20)33(30,31)19-6-4-5-18(12-19)23(24,25)26/h4-12,17H,13-14H2,1-3H3. The van der Waals surface area contributed by atoms with Gasteiger partial charge in [0.1, 0.15) is 5.60 Å². The molecular weight excluding hydrogens is 457 g/mol. The second-order valence-electron chi connectivity index (χ2n) is 9.04. The van der Waals surface area contributed by atoms with Gasteiger partial charge in [-0.1, -0.05) is 12.1 Å². The summed E-state index contributed by atoms with van der Waals surface area (Å²) in [5.41, 5.74) is -0.299. The number of likely N-dealkylation sites (tertiary alicyclic amines) is 1. The Labute approximate surface area is 189 Å². The molecule has 2 aromatic carbocycles. The van der Waals surface area contributed by atoms with Gasteiger partial charge in [-0.05, 0) is 62.7 Å². The molecule has 0 aliphatic carbocycles. The monoisotopic (exact) mass is 480 g/mol. The number of carbonyl (C=O) groups is 1. The highest BCUT2D eigenvalue weighted by Gasteiger charge is 2.35. The topological polar surface area (TPSA) is 68.6 Å². The van der Waals surface area contributed by atoms with Gasteiger partial charge in [0.25, 0.3) is 10.0 Å². The van der Waals surface area contributed by atoms with E-state index in [4.69, 9.17) is 4.74 Å². The maximum atomic E-state index is 13.0. The van der Waals surface area contributed by atoms with E-state index in [1.54, 1.807) is 43.9 Å². The van der Waals surface area contributed by atoms with Crippen LogP contribution in [0.5, 0.6) is 0 Å². The summed E-state index contributed by atoms with van der Waals surface area (Å²) in [7, 11) is -4.22. The summed E-state index contributed by atoms with van der Waals surface area (Å²) in [6.45, 7) is 6.38. The van der Waals surface area contributed by atoms with Crippen LogP contribution in [0.15, 0.2) is 59.6 Å². The van der Waals surface area contributed by atoms with Gasteiger partial charge in [0, 0.05) is 30.6 Å². The summed E-state index contributed by atoms with van der Waals surface area (Å²) in [6.07, 6.45) is -3.69. The fourth-order valence-corrected chi connectivity index (χ4v) is 5.11. The molecule has 3 aromatic rings. The van der Waals surface area contributed by atoms with Gasteiger partial charge in [0.05, 0.1) is 16.0 Å². The normalized spacial score (nSPS) is 15.5. The van der Waals surface area contributed by atoms with Gasteiger partial charge in [0.2, 0.25) is 0 Å². The summed E-state index contributed by atoms with van der Waals surface area (Å²) < 4.78 is 71.5. The molecule has 0 atom stereocenters. The Hall–Kier alpha value is -3.01. The van der Waals surface area contributed by atoms with Gasteiger partial charge in [-0.2, -0.15) is 13.2 Å². The van der Waals surface area contributed by atoms with Crippen molar-refractivity contribution >= 4 is 27.0 Å². The van der Waals surface area contributed by atoms with Gasteiger partial charge >= 0.3 is 12.3 Å². The van der Waals surface area contributed by atoms with Crippen molar-refractivity contribution in [2.75, 3.05) is 13.1 Å². The zero-order valence-corrected chi connectivity index (χ0v) is 19.1. The molecule has 1 amide bonds. The van der Waals surface area contributed by atoms with Crippen molar-refractivity contribution in [1.29, 1.82) is 0 Å². The van der Waals surface area contributed by atoms with E-state index in [9.17, 15) is 26.4 Å². The molecule has 0 spiro atoms. The van der Waals surface area contributed by atoms with Crippen molar-refractivity contribution in [3.63, 3.8) is 0 Å². The second-order valence-corrected chi connectivity index (χ2v) is 10.9. The first-order chi connectivity index (χ1) is 15.3. The highest BCUT2D eigenvalue weighted by Crippen LogP contribution is 2.33. The average molecular weight is 481 g/mol. The number of nitrogens with zero attached hydrogens (tertiary/aromatic N) is 2. The van der Waals surface area contributed by atoms with Crippen LogP contribution < -0.4 is 0 Å². The van der Waals surface area contributed by atoms with Gasteiger partial charge in [-0.25, -0.2) is 17.2 Å². The van der Waals surface area contributed by atoms with Crippen LogP contribution in [-0.2, 0) is 20.9 Å². The van der Waals surface area contributed by atoms with Crippen LogP contribution in [0.1, 0.15) is 37.8 Å².